The van der Waals surface area contributed by atoms with Crippen LogP contribution in [0.15, 0.2) is 21.5 Å². The summed E-state index contributed by atoms with van der Waals surface area (Å²) in [5.74, 6) is 0.0856. The summed E-state index contributed by atoms with van der Waals surface area (Å²) in [6.07, 6.45) is -0.387. The fourth-order valence-corrected chi connectivity index (χ4v) is 5.01. The van der Waals surface area contributed by atoms with Crippen LogP contribution in [0.2, 0.25) is 0 Å². The van der Waals surface area contributed by atoms with Crippen molar-refractivity contribution in [1.82, 2.24) is 9.21 Å². The average Bonchev–Trinajstić information content (AvgIpc) is 2.57. The quantitative estimate of drug-likeness (QED) is 0.731. The van der Waals surface area contributed by atoms with Crippen LogP contribution in [0.4, 0.5) is 4.79 Å². The topological polar surface area (TPSA) is 66.9 Å². The summed E-state index contributed by atoms with van der Waals surface area (Å²) in [5.41, 5.74) is 1.68. The molecule has 0 spiro atoms. The predicted octanol–water partition coefficient (Wildman–Crippen LogP) is 3.34. The van der Waals surface area contributed by atoms with Gasteiger partial charge in [0.05, 0.1) is 11.5 Å². The zero-order chi connectivity index (χ0) is 18.8. The van der Waals surface area contributed by atoms with Crippen molar-refractivity contribution >= 4 is 32.0 Å². The molecule has 0 bridgehead atoms. The van der Waals surface area contributed by atoms with E-state index in [1.165, 1.54) is 4.31 Å². The van der Waals surface area contributed by atoms with Gasteiger partial charge in [-0.15, -0.1) is 0 Å². The highest BCUT2D eigenvalue weighted by molar-refractivity contribution is 9.10. The number of aryl methyl sites for hydroxylation is 1. The standard InChI is InChI=1S/C17H25BrN2O4S/c1-5-24-17(21)19-6-8-20(9-7-19)25(22,23)16-10-13(4)15(18)11-14(16)12(2)3/h10-12H,5-9H2,1-4H3. The van der Waals surface area contributed by atoms with Gasteiger partial charge in [-0.25, -0.2) is 13.2 Å². The zero-order valence-electron chi connectivity index (χ0n) is 15.1. The molecule has 1 fully saturated rings. The third-order valence-electron chi connectivity index (χ3n) is 4.30. The lowest BCUT2D eigenvalue weighted by Gasteiger charge is -2.34. The number of hydrogen-bond donors (Lipinski definition) is 0. The normalized spacial score (nSPS) is 16.3. The van der Waals surface area contributed by atoms with E-state index in [0.717, 1.165) is 15.6 Å². The van der Waals surface area contributed by atoms with E-state index in [9.17, 15) is 13.2 Å². The van der Waals surface area contributed by atoms with E-state index in [2.05, 4.69) is 15.9 Å². The monoisotopic (exact) mass is 432 g/mol. The Morgan fingerprint density at radius 2 is 1.84 bits per heavy atom. The zero-order valence-corrected chi connectivity index (χ0v) is 17.5. The molecule has 0 atom stereocenters. The first-order chi connectivity index (χ1) is 11.7. The first-order valence-electron chi connectivity index (χ1n) is 8.40. The highest BCUT2D eigenvalue weighted by atomic mass is 79.9. The van der Waals surface area contributed by atoms with E-state index in [1.807, 2.05) is 26.8 Å². The fourth-order valence-electron chi connectivity index (χ4n) is 2.81. The number of carbonyl (C=O) groups is 1. The molecule has 0 N–H and O–H groups in total. The van der Waals surface area contributed by atoms with E-state index in [1.54, 1.807) is 17.9 Å². The summed E-state index contributed by atoms with van der Waals surface area (Å²) < 4.78 is 33.6. The van der Waals surface area contributed by atoms with Crippen molar-refractivity contribution in [2.75, 3.05) is 32.8 Å². The second-order valence-corrected chi connectivity index (χ2v) is 9.14. The molecular weight excluding hydrogens is 408 g/mol. The minimum Gasteiger partial charge on any atom is -0.450 e. The Kier molecular flexibility index (Phi) is 6.51. The number of piperazine rings is 1. The number of benzene rings is 1. The summed E-state index contributed by atoms with van der Waals surface area (Å²) in [7, 11) is -3.60. The summed E-state index contributed by atoms with van der Waals surface area (Å²) in [6, 6.07) is 3.62. The maximum atomic E-state index is 13.2. The number of carbonyl (C=O) groups excluding carboxylic acids is 1. The molecule has 6 nitrogen and oxygen atoms in total. The molecule has 0 radical (unpaired) electrons. The smallest absolute Gasteiger partial charge is 0.409 e. The lowest BCUT2D eigenvalue weighted by molar-refractivity contribution is 0.0934. The van der Waals surface area contributed by atoms with E-state index < -0.39 is 10.0 Å². The molecule has 1 saturated heterocycles. The minimum absolute atomic E-state index is 0.0856. The molecule has 1 aliphatic heterocycles. The maximum Gasteiger partial charge on any atom is 0.409 e. The largest absolute Gasteiger partial charge is 0.450 e. The Balaban J connectivity index is 2.26. The fraction of sp³-hybridized carbons (Fsp3) is 0.588. The van der Waals surface area contributed by atoms with Crippen molar-refractivity contribution < 1.29 is 17.9 Å². The van der Waals surface area contributed by atoms with Gasteiger partial charge in [-0.2, -0.15) is 4.31 Å². The molecule has 0 unspecified atom stereocenters. The SMILES string of the molecule is CCOC(=O)N1CCN(S(=O)(=O)c2cc(C)c(Br)cc2C(C)C)CC1. The molecule has 1 aromatic rings. The van der Waals surface area contributed by atoms with Crippen molar-refractivity contribution in [1.29, 1.82) is 0 Å². The van der Waals surface area contributed by atoms with Gasteiger partial charge in [0.25, 0.3) is 0 Å². The summed E-state index contributed by atoms with van der Waals surface area (Å²) >= 11 is 3.48. The Labute approximate surface area is 158 Å². The average molecular weight is 433 g/mol. The summed E-state index contributed by atoms with van der Waals surface area (Å²) in [5, 5.41) is 0. The van der Waals surface area contributed by atoms with Gasteiger partial charge in [0.15, 0.2) is 0 Å². The molecule has 1 heterocycles. The summed E-state index contributed by atoms with van der Waals surface area (Å²) in [6.45, 7) is 9.13. The van der Waals surface area contributed by atoms with Gasteiger partial charge in [0, 0.05) is 30.7 Å². The molecule has 1 aliphatic rings. The second kappa shape index (κ2) is 8.05. The van der Waals surface area contributed by atoms with Crippen LogP contribution in [0, 0.1) is 6.92 Å². The predicted molar refractivity (Wildman–Crippen MR) is 100 cm³/mol. The van der Waals surface area contributed by atoms with Gasteiger partial charge >= 0.3 is 6.09 Å². The molecule has 25 heavy (non-hydrogen) atoms. The van der Waals surface area contributed by atoms with Gasteiger partial charge in [-0.05, 0) is 43.0 Å². The van der Waals surface area contributed by atoms with E-state index in [0.29, 0.717) is 24.6 Å². The molecule has 2 rings (SSSR count). The molecule has 1 amide bonds. The van der Waals surface area contributed by atoms with Crippen LogP contribution in [0.25, 0.3) is 0 Å². The third kappa shape index (κ3) is 4.35. The van der Waals surface area contributed by atoms with Crippen LogP contribution >= 0.6 is 15.9 Å². The minimum atomic E-state index is -3.60. The molecule has 0 saturated carbocycles. The van der Waals surface area contributed by atoms with Crippen LogP contribution in [-0.4, -0.2) is 56.5 Å². The number of hydrogen-bond acceptors (Lipinski definition) is 4. The molecule has 0 aromatic heterocycles. The van der Waals surface area contributed by atoms with Crippen LogP contribution in [0.1, 0.15) is 37.8 Å². The molecule has 8 heteroatoms. The van der Waals surface area contributed by atoms with Crippen LogP contribution in [-0.2, 0) is 14.8 Å². The number of sulfonamides is 1. The van der Waals surface area contributed by atoms with Crippen molar-refractivity contribution in [3.05, 3.63) is 27.7 Å². The number of nitrogens with zero attached hydrogens (tertiary/aromatic N) is 2. The van der Waals surface area contributed by atoms with Crippen LogP contribution < -0.4 is 0 Å². The molecule has 140 valence electrons. The van der Waals surface area contributed by atoms with Crippen molar-refractivity contribution in [2.24, 2.45) is 0 Å². The Bertz CT molecular complexity index is 741. The number of halogens is 1. The number of amides is 1. The third-order valence-corrected chi connectivity index (χ3v) is 7.10. The first-order valence-corrected chi connectivity index (χ1v) is 10.6. The van der Waals surface area contributed by atoms with E-state index in [4.69, 9.17) is 4.74 Å². The number of rotatable bonds is 4. The molecule has 1 aromatic carbocycles. The van der Waals surface area contributed by atoms with Gasteiger partial charge in [0.2, 0.25) is 10.0 Å². The Morgan fingerprint density at radius 3 is 2.36 bits per heavy atom. The van der Waals surface area contributed by atoms with Crippen LogP contribution in [0.3, 0.4) is 0 Å². The van der Waals surface area contributed by atoms with Crippen molar-refractivity contribution in [2.45, 2.75) is 38.5 Å². The first kappa shape index (κ1) is 20.2. The lowest BCUT2D eigenvalue weighted by Crippen LogP contribution is -2.50. The number of ether oxygens (including phenoxy) is 1. The van der Waals surface area contributed by atoms with Crippen LogP contribution in [0.5, 0.6) is 0 Å². The van der Waals surface area contributed by atoms with E-state index >= 15 is 0 Å². The van der Waals surface area contributed by atoms with Gasteiger partial charge < -0.3 is 9.64 Å². The Morgan fingerprint density at radius 1 is 1.24 bits per heavy atom. The molecular formula is C17H25BrN2O4S. The van der Waals surface area contributed by atoms with Crippen molar-refractivity contribution in [3.8, 4) is 0 Å². The molecule has 0 aliphatic carbocycles. The second-order valence-electron chi connectivity index (χ2n) is 6.38. The van der Waals surface area contributed by atoms with Gasteiger partial charge in [-0.1, -0.05) is 29.8 Å². The maximum absolute atomic E-state index is 13.2. The van der Waals surface area contributed by atoms with Crippen molar-refractivity contribution in [3.63, 3.8) is 0 Å². The van der Waals surface area contributed by atoms with Gasteiger partial charge in [-0.3, -0.25) is 0 Å². The summed E-state index contributed by atoms with van der Waals surface area (Å²) in [4.78, 5) is 13.7. The Hall–Kier alpha value is -1.12. The van der Waals surface area contributed by atoms with E-state index in [-0.39, 0.29) is 25.1 Å². The lowest BCUT2D eigenvalue weighted by atomic mass is 10.0. The highest BCUT2D eigenvalue weighted by Gasteiger charge is 2.32. The van der Waals surface area contributed by atoms with Gasteiger partial charge in [0.1, 0.15) is 0 Å². The highest BCUT2D eigenvalue weighted by Crippen LogP contribution is 2.32.